The van der Waals surface area contributed by atoms with Gasteiger partial charge in [-0.1, -0.05) is 12.1 Å². The van der Waals surface area contributed by atoms with Gasteiger partial charge in [-0.2, -0.15) is 0 Å². The van der Waals surface area contributed by atoms with Crippen LogP contribution in [-0.2, 0) is 0 Å². The van der Waals surface area contributed by atoms with Crippen molar-refractivity contribution in [3.05, 3.63) is 54.6 Å². The lowest BCUT2D eigenvalue weighted by molar-refractivity contribution is -2.00. The summed E-state index contributed by atoms with van der Waals surface area (Å²) in [6.07, 6.45) is 0. The second-order valence-electron chi connectivity index (χ2n) is 4.85. The fourth-order valence-corrected chi connectivity index (χ4v) is 4.58. The first kappa shape index (κ1) is 20.5. The maximum absolute atomic E-state index is 8.49. The Labute approximate surface area is 160 Å². The van der Waals surface area contributed by atoms with Gasteiger partial charge in [0.2, 0.25) is 0 Å². The molecule has 0 unspecified atom stereocenters. The van der Waals surface area contributed by atoms with Crippen molar-refractivity contribution in [1.82, 2.24) is 0 Å². The molecule has 9 heteroatoms. The maximum atomic E-state index is 8.49. The van der Waals surface area contributed by atoms with Gasteiger partial charge in [-0.3, -0.25) is 0 Å². The molecular weight excluding hydrogens is 400 g/mol. The highest BCUT2D eigenvalue weighted by Gasteiger charge is 2.19. The van der Waals surface area contributed by atoms with Crippen LogP contribution in [0.2, 0.25) is 0 Å². The molecule has 6 nitrogen and oxygen atoms in total. The zero-order valence-electron chi connectivity index (χ0n) is 13.8. The molecule has 1 aromatic heterocycles. The molecule has 1 heterocycles. The van der Waals surface area contributed by atoms with Crippen molar-refractivity contribution in [1.29, 1.82) is 0 Å². The third-order valence-electron chi connectivity index (χ3n) is 3.23. The average molecular weight is 415 g/mol. The summed E-state index contributed by atoms with van der Waals surface area (Å²) in [6, 6.07) is 18.5. The Kier molecular flexibility index (Phi) is 7.30. The van der Waals surface area contributed by atoms with Crippen LogP contribution in [0.5, 0.6) is 11.5 Å². The van der Waals surface area contributed by atoms with Crippen molar-refractivity contribution in [3.8, 4) is 32.4 Å². The zero-order chi connectivity index (χ0) is 19.2. The summed E-state index contributed by atoms with van der Waals surface area (Å²) in [4.78, 5) is 2.48. The summed E-state index contributed by atoms with van der Waals surface area (Å²) in [5, 5.41) is 0. The van der Waals surface area contributed by atoms with Gasteiger partial charge in [-0.05, 0) is 36.4 Å². The van der Waals surface area contributed by atoms with Crippen LogP contribution in [0.25, 0.3) is 20.9 Å². The second-order valence-corrected chi connectivity index (χ2v) is 7.82. The Morgan fingerprint density at radius 1 is 0.885 bits per heavy atom. The number of rotatable bonds is 4. The van der Waals surface area contributed by atoms with E-state index in [0.29, 0.717) is 0 Å². The zero-order valence-corrected chi connectivity index (χ0v) is 16.2. The van der Waals surface area contributed by atoms with Crippen LogP contribution in [0.3, 0.4) is 0 Å². The molecule has 0 amide bonds. The first-order valence-corrected chi connectivity index (χ1v) is 10.5. The summed E-state index contributed by atoms with van der Waals surface area (Å²) in [5.74, 6) is 1.79. The maximum Gasteiger partial charge on any atom is 0.301 e. The molecule has 0 saturated carbocycles. The lowest BCUT2D eigenvalue weighted by atomic mass is 10.1. The van der Waals surface area contributed by atoms with Gasteiger partial charge in [0.15, 0.2) is 10.3 Å². The molecule has 138 valence electrons. The number of hydrogen-bond acceptors (Lipinski definition) is 7. The van der Waals surface area contributed by atoms with Gasteiger partial charge in [0.1, 0.15) is 16.4 Å². The minimum absolute atomic E-state index is 0.879. The van der Waals surface area contributed by atoms with Crippen molar-refractivity contribution >= 4 is 20.7 Å². The number of hydrogen-bond donors (Lipinski definition) is 0. The average Bonchev–Trinajstić information content (AvgIpc) is 3.10. The topological polar surface area (TPSA) is 111 Å². The largest absolute Gasteiger partial charge is 0.497 e. The highest BCUT2D eigenvalue weighted by Crippen LogP contribution is 2.40. The van der Waals surface area contributed by atoms with Crippen molar-refractivity contribution in [2.24, 2.45) is 0 Å². The molecule has 0 fully saturated rings. The van der Waals surface area contributed by atoms with E-state index in [1.165, 1.54) is 15.3 Å². The van der Waals surface area contributed by atoms with E-state index in [2.05, 4.69) is 24.3 Å². The molecule has 0 bridgehead atoms. The predicted octanol–water partition coefficient (Wildman–Crippen LogP) is 0.686. The van der Waals surface area contributed by atoms with Crippen molar-refractivity contribution in [2.45, 2.75) is 0 Å². The van der Waals surface area contributed by atoms with E-state index in [9.17, 15) is 0 Å². The number of para-hydroxylation sites is 1. The third kappa shape index (κ3) is 6.19. The Hall–Kier alpha value is -1.78. The van der Waals surface area contributed by atoms with Gasteiger partial charge in [0.05, 0.1) is 14.2 Å². The van der Waals surface area contributed by atoms with Gasteiger partial charge in [0, 0.05) is 17.2 Å². The molecule has 0 aliphatic carbocycles. The van der Waals surface area contributed by atoms with E-state index in [1.807, 2.05) is 30.3 Å². The fraction of sp³-hybridized carbons (Fsp3) is 0.118. The number of methoxy groups -OCH3 is 2. The Morgan fingerprint density at radius 2 is 1.50 bits per heavy atom. The highest BCUT2D eigenvalue weighted by molar-refractivity contribution is 7.72. The summed E-state index contributed by atoms with van der Waals surface area (Å²) in [7, 11) is 1.99. The molecular formula is C17H15ClO6S2. The van der Waals surface area contributed by atoms with Crippen LogP contribution in [0.4, 0.5) is 0 Å². The predicted molar refractivity (Wildman–Crippen MR) is 90.6 cm³/mol. The van der Waals surface area contributed by atoms with Crippen molar-refractivity contribution in [2.75, 3.05) is 14.2 Å². The van der Waals surface area contributed by atoms with Crippen LogP contribution in [0.1, 0.15) is 0 Å². The summed E-state index contributed by atoms with van der Waals surface area (Å²) in [6.45, 7) is 0. The standard InChI is InChI=1S/C17H15O2S2.ClHO4/c1-18-13-9-7-12(8-10-13)16-11-17(21-20-16)14-5-3-4-6-15(14)19-2;2-1(3,4)5/h3-11H,1-2H3;(H,2,3,4,5)/q+1;/p-1. The summed E-state index contributed by atoms with van der Waals surface area (Å²) in [5.41, 5.74) is 2.35. The van der Waals surface area contributed by atoms with Crippen LogP contribution in [0, 0.1) is 10.2 Å². The fourth-order valence-electron chi connectivity index (χ4n) is 2.11. The monoisotopic (exact) mass is 414 g/mol. The molecule has 3 rings (SSSR count). The van der Waals surface area contributed by atoms with E-state index >= 15 is 0 Å². The van der Waals surface area contributed by atoms with E-state index in [-0.39, 0.29) is 0 Å². The van der Waals surface area contributed by atoms with Crippen LogP contribution in [0.15, 0.2) is 54.6 Å². The van der Waals surface area contributed by atoms with Crippen LogP contribution >= 0.6 is 20.7 Å². The van der Waals surface area contributed by atoms with Crippen LogP contribution in [-0.4, -0.2) is 14.2 Å². The van der Waals surface area contributed by atoms with E-state index in [1.54, 1.807) is 34.9 Å². The summed E-state index contributed by atoms with van der Waals surface area (Å²) >= 11 is 0. The minimum atomic E-state index is -4.94. The molecule has 3 aromatic rings. The van der Waals surface area contributed by atoms with Gasteiger partial charge < -0.3 is 9.47 Å². The van der Waals surface area contributed by atoms with Gasteiger partial charge in [-0.15, -0.1) is 10.2 Å². The van der Waals surface area contributed by atoms with Gasteiger partial charge in [0.25, 0.3) is 4.88 Å². The normalized spacial score (nSPS) is 10.7. The molecule has 0 atom stereocenters. The Balaban J connectivity index is 0.000000431. The molecule has 0 N–H and O–H groups in total. The molecule has 0 aliphatic heterocycles. The second kappa shape index (κ2) is 9.24. The quantitative estimate of drug-likeness (QED) is 0.458. The van der Waals surface area contributed by atoms with E-state index in [0.717, 1.165) is 17.1 Å². The summed E-state index contributed by atoms with van der Waals surface area (Å²) < 4.78 is 44.6. The molecule has 26 heavy (non-hydrogen) atoms. The number of ether oxygens (including phenoxy) is 2. The minimum Gasteiger partial charge on any atom is -0.497 e. The molecule has 0 saturated heterocycles. The first-order chi connectivity index (χ1) is 12.3. The molecule has 2 aromatic carbocycles. The lowest BCUT2D eigenvalue weighted by Crippen LogP contribution is -2.68. The van der Waals surface area contributed by atoms with E-state index < -0.39 is 10.2 Å². The Bertz CT molecular complexity index is 824. The lowest BCUT2D eigenvalue weighted by Gasteiger charge is -2.17. The van der Waals surface area contributed by atoms with Crippen LogP contribution < -0.4 is 28.1 Å². The van der Waals surface area contributed by atoms with Gasteiger partial charge in [-0.25, -0.2) is 18.6 Å². The van der Waals surface area contributed by atoms with Crippen molar-refractivity contribution in [3.63, 3.8) is 0 Å². The molecule has 0 spiro atoms. The highest BCUT2D eigenvalue weighted by atomic mass is 35.7. The van der Waals surface area contributed by atoms with E-state index in [4.69, 9.17) is 28.1 Å². The Morgan fingerprint density at radius 3 is 2.08 bits per heavy atom. The molecule has 0 aliphatic rings. The van der Waals surface area contributed by atoms with Gasteiger partial charge >= 0.3 is 10.3 Å². The van der Waals surface area contributed by atoms with Crippen molar-refractivity contribution < 1.29 is 38.4 Å². The number of benzene rings is 2. The first-order valence-electron chi connectivity index (χ1n) is 7.14. The SMILES string of the molecule is COc1ccc(-c2cc(-c3ccccc3OC)s[s+]2)cc1.[O-][Cl+3]([O-])([O-])[O-]. The third-order valence-corrected chi connectivity index (χ3v) is 5.69. The number of halogens is 1. The molecule has 0 radical (unpaired) electrons. The smallest absolute Gasteiger partial charge is 0.301 e.